The number of rotatable bonds is 6. The van der Waals surface area contributed by atoms with Crippen molar-refractivity contribution >= 4 is 28.2 Å². The Balaban J connectivity index is 2.10. The molecule has 0 saturated heterocycles. The first-order valence-electron chi connectivity index (χ1n) is 7.35. The Morgan fingerprint density at radius 1 is 1.36 bits per heavy atom. The topological polar surface area (TPSA) is 88.4 Å². The number of esters is 1. The molecule has 0 spiro atoms. The van der Waals surface area contributed by atoms with Crippen LogP contribution in [0.1, 0.15) is 27.7 Å². The van der Waals surface area contributed by atoms with Gasteiger partial charge in [-0.2, -0.15) is 5.26 Å². The molecule has 0 radical (unpaired) electrons. The van der Waals surface area contributed by atoms with Crippen molar-refractivity contribution in [3.63, 3.8) is 0 Å². The van der Waals surface area contributed by atoms with Gasteiger partial charge in [0.15, 0.2) is 18.2 Å². The minimum absolute atomic E-state index is 0.0484. The Morgan fingerprint density at radius 3 is 2.72 bits per heavy atom. The number of hydrogen-bond acceptors (Lipinski definition) is 6. The molecule has 0 bridgehead atoms. The lowest BCUT2D eigenvalue weighted by atomic mass is 10.2. The summed E-state index contributed by atoms with van der Waals surface area (Å²) >= 11 is 0.953. The van der Waals surface area contributed by atoms with Crippen molar-refractivity contribution < 1.29 is 23.5 Å². The SMILES string of the molecule is CCOC(=O)c1sc(NC(=O)COc2ccccc2F)c(C#N)c1C. The van der Waals surface area contributed by atoms with Crippen LogP contribution in [0.3, 0.4) is 0 Å². The molecule has 0 aliphatic rings. The zero-order valence-corrected chi connectivity index (χ0v) is 14.4. The standard InChI is InChI=1S/C17H15FN2O4S/c1-3-23-17(22)15-10(2)11(8-19)16(25-15)20-14(21)9-24-13-7-5-4-6-12(13)18/h4-7H,3,9H2,1-2H3,(H,20,21). The second-order valence-electron chi connectivity index (χ2n) is 4.86. The van der Waals surface area contributed by atoms with Crippen molar-refractivity contribution in [3.05, 3.63) is 46.1 Å². The molecular formula is C17H15FN2O4S. The number of thiophene rings is 1. The summed E-state index contributed by atoms with van der Waals surface area (Å²) in [5, 5.41) is 12.0. The average molecular weight is 362 g/mol. The van der Waals surface area contributed by atoms with E-state index in [1.165, 1.54) is 18.2 Å². The van der Waals surface area contributed by atoms with Crippen molar-refractivity contribution in [1.82, 2.24) is 0 Å². The van der Waals surface area contributed by atoms with Gasteiger partial charge >= 0.3 is 5.97 Å². The average Bonchev–Trinajstić information content (AvgIpc) is 2.90. The zero-order chi connectivity index (χ0) is 18.4. The molecule has 1 amide bonds. The number of nitrogens with one attached hydrogen (secondary N) is 1. The van der Waals surface area contributed by atoms with Gasteiger partial charge in [0.25, 0.3) is 5.91 Å². The van der Waals surface area contributed by atoms with Crippen LogP contribution in [-0.2, 0) is 9.53 Å². The van der Waals surface area contributed by atoms with Crippen LogP contribution >= 0.6 is 11.3 Å². The number of benzene rings is 1. The largest absolute Gasteiger partial charge is 0.481 e. The van der Waals surface area contributed by atoms with Gasteiger partial charge in [-0.3, -0.25) is 4.79 Å². The Labute approximate surface area is 147 Å². The molecule has 8 heteroatoms. The monoisotopic (exact) mass is 362 g/mol. The van der Waals surface area contributed by atoms with Gasteiger partial charge in [0.05, 0.1) is 12.2 Å². The van der Waals surface area contributed by atoms with Gasteiger partial charge in [-0.05, 0) is 31.5 Å². The maximum atomic E-state index is 13.5. The van der Waals surface area contributed by atoms with Crippen molar-refractivity contribution in [1.29, 1.82) is 5.26 Å². The molecule has 0 atom stereocenters. The van der Waals surface area contributed by atoms with Gasteiger partial charge in [0.1, 0.15) is 15.9 Å². The third-order valence-electron chi connectivity index (χ3n) is 3.17. The second-order valence-corrected chi connectivity index (χ2v) is 5.88. The Hall–Kier alpha value is -2.92. The van der Waals surface area contributed by atoms with Crippen molar-refractivity contribution in [2.45, 2.75) is 13.8 Å². The minimum atomic E-state index is -0.579. The first-order valence-corrected chi connectivity index (χ1v) is 8.17. The number of para-hydroxylation sites is 1. The molecule has 1 N–H and O–H groups in total. The quantitative estimate of drug-likeness (QED) is 0.797. The molecule has 0 aliphatic carbocycles. The van der Waals surface area contributed by atoms with E-state index >= 15 is 0 Å². The van der Waals surface area contributed by atoms with E-state index in [9.17, 15) is 19.2 Å². The predicted octanol–water partition coefficient (Wildman–Crippen LogP) is 3.26. The van der Waals surface area contributed by atoms with E-state index in [0.717, 1.165) is 11.3 Å². The number of carbonyl (C=O) groups excluding carboxylic acids is 2. The molecule has 2 rings (SSSR count). The van der Waals surface area contributed by atoms with Crippen LogP contribution in [0, 0.1) is 24.1 Å². The fourth-order valence-corrected chi connectivity index (χ4v) is 3.06. The lowest BCUT2D eigenvalue weighted by Gasteiger charge is -2.07. The van der Waals surface area contributed by atoms with Crippen LogP contribution in [-0.4, -0.2) is 25.1 Å². The lowest BCUT2D eigenvalue weighted by molar-refractivity contribution is -0.118. The van der Waals surface area contributed by atoms with Crippen molar-refractivity contribution in [2.75, 3.05) is 18.5 Å². The summed E-state index contributed by atoms with van der Waals surface area (Å²) < 4.78 is 23.5. The van der Waals surface area contributed by atoms with E-state index < -0.39 is 24.3 Å². The Kier molecular flexibility index (Phi) is 6.08. The van der Waals surface area contributed by atoms with E-state index in [4.69, 9.17) is 9.47 Å². The van der Waals surface area contributed by atoms with Gasteiger partial charge < -0.3 is 14.8 Å². The fraction of sp³-hybridized carbons (Fsp3) is 0.235. The number of halogens is 1. The van der Waals surface area contributed by atoms with E-state index in [-0.39, 0.29) is 27.8 Å². The van der Waals surface area contributed by atoms with Crippen LogP contribution in [0.25, 0.3) is 0 Å². The third-order valence-corrected chi connectivity index (χ3v) is 4.36. The fourth-order valence-electron chi connectivity index (χ4n) is 2.00. The number of ether oxygens (including phenoxy) is 2. The summed E-state index contributed by atoms with van der Waals surface area (Å²) in [5.41, 5.74) is 0.628. The zero-order valence-electron chi connectivity index (χ0n) is 13.6. The van der Waals surface area contributed by atoms with Crippen LogP contribution in [0.15, 0.2) is 24.3 Å². The first kappa shape index (κ1) is 18.4. The molecule has 1 heterocycles. The van der Waals surface area contributed by atoms with Gasteiger partial charge in [-0.15, -0.1) is 11.3 Å². The van der Waals surface area contributed by atoms with Crippen LogP contribution < -0.4 is 10.1 Å². The Bertz CT molecular complexity index is 842. The summed E-state index contributed by atoms with van der Waals surface area (Å²) in [5.74, 6) is -1.75. The van der Waals surface area contributed by atoms with Gasteiger partial charge in [-0.25, -0.2) is 9.18 Å². The summed E-state index contributed by atoms with van der Waals surface area (Å²) in [7, 11) is 0. The molecule has 0 saturated carbocycles. The number of nitrogens with zero attached hydrogens (tertiary/aromatic N) is 1. The summed E-state index contributed by atoms with van der Waals surface area (Å²) in [4.78, 5) is 24.1. The van der Waals surface area contributed by atoms with E-state index in [2.05, 4.69) is 5.32 Å². The van der Waals surface area contributed by atoms with Gasteiger partial charge in [-0.1, -0.05) is 12.1 Å². The molecule has 1 aromatic carbocycles. The molecule has 6 nitrogen and oxygen atoms in total. The molecule has 130 valence electrons. The van der Waals surface area contributed by atoms with Crippen LogP contribution in [0.2, 0.25) is 0 Å². The normalized spacial score (nSPS) is 10.0. The third kappa shape index (κ3) is 4.33. The highest BCUT2D eigenvalue weighted by atomic mass is 32.1. The number of hydrogen-bond donors (Lipinski definition) is 1. The maximum absolute atomic E-state index is 13.5. The highest BCUT2D eigenvalue weighted by Crippen LogP contribution is 2.33. The van der Waals surface area contributed by atoms with E-state index in [0.29, 0.717) is 5.56 Å². The summed E-state index contributed by atoms with van der Waals surface area (Å²) in [6.07, 6.45) is 0. The number of carbonyl (C=O) groups is 2. The molecule has 1 aromatic heterocycles. The molecule has 2 aromatic rings. The summed E-state index contributed by atoms with van der Waals surface area (Å²) in [6, 6.07) is 7.66. The number of anilines is 1. The molecule has 0 fully saturated rings. The van der Waals surface area contributed by atoms with Gasteiger partial charge in [0.2, 0.25) is 0 Å². The number of nitriles is 1. The Morgan fingerprint density at radius 2 is 2.08 bits per heavy atom. The van der Waals surface area contributed by atoms with E-state index in [1.54, 1.807) is 19.9 Å². The smallest absolute Gasteiger partial charge is 0.348 e. The van der Waals surface area contributed by atoms with Crippen LogP contribution in [0.4, 0.5) is 9.39 Å². The maximum Gasteiger partial charge on any atom is 0.348 e. The second kappa shape index (κ2) is 8.26. The minimum Gasteiger partial charge on any atom is -0.481 e. The highest BCUT2D eigenvalue weighted by molar-refractivity contribution is 7.18. The van der Waals surface area contributed by atoms with Crippen molar-refractivity contribution in [2.24, 2.45) is 0 Å². The molecule has 0 aliphatic heterocycles. The highest BCUT2D eigenvalue weighted by Gasteiger charge is 2.22. The lowest BCUT2D eigenvalue weighted by Crippen LogP contribution is -2.20. The van der Waals surface area contributed by atoms with Gasteiger partial charge in [0, 0.05) is 0 Å². The molecular weight excluding hydrogens is 347 g/mol. The van der Waals surface area contributed by atoms with Crippen LogP contribution in [0.5, 0.6) is 5.75 Å². The first-order chi connectivity index (χ1) is 12.0. The predicted molar refractivity (Wildman–Crippen MR) is 90.3 cm³/mol. The molecule has 0 unspecified atom stereocenters. The van der Waals surface area contributed by atoms with Crippen molar-refractivity contribution in [3.8, 4) is 11.8 Å². The summed E-state index contributed by atoms with van der Waals surface area (Å²) in [6.45, 7) is 3.05. The van der Waals surface area contributed by atoms with E-state index in [1.807, 2.05) is 6.07 Å². The number of amides is 1. The molecule has 25 heavy (non-hydrogen) atoms.